The molecule has 0 aromatic carbocycles. The third-order valence-electron chi connectivity index (χ3n) is 3.76. The number of hydrogen-bond acceptors (Lipinski definition) is 7. The third-order valence-corrected chi connectivity index (χ3v) is 3.76. The zero-order chi connectivity index (χ0) is 19.1. The Balaban J connectivity index is 2.63. The van der Waals surface area contributed by atoms with Gasteiger partial charge in [-0.15, -0.1) is 0 Å². The highest BCUT2D eigenvalue weighted by Crippen LogP contribution is 2.25. The van der Waals surface area contributed by atoms with Crippen molar-refractivity contribution in [1.29, 1.82) is 0 Å². The van der Waals surface area contributed by atoms with Gasteiger partial charge in [-0.05, 0) is 0 Å². The maximum absolute atomic E-state index is 11.9. The molecule has 7 heteroatoms. The van der Waals surface area contributed by atoms with Gasteiger partial charge in [0.25, 0.3) is 0 Å². The molecule has 1 aliphatic rings. The molecule has 0 aromatic heterocycles. The Labute approximate surface area is 149 Å². The molecule has 0 aromatic rings. The summed E-state index contributed by atoms with van der Waals surface area (Å²) in [6.45, 7) is 10.5. The van der Waals surface area contributed by atoms with Crippen LogP contribution in [0.2, 0.25) is 0 Å². The SMILES string of the molecule is CC(C)C(=O)OC[C@@H]1C[C@H](OC(=O)C(C)C)[C@@H](COC(=O)C(C)C)O1. The first-order chi connectivity index (χ1) is 11.6. The van der Waals surface area contributed by atoms with Crippen LogP contribution in [0.3, 0.4) is 0 Å². The van der Waals surface area contributed by atoms with Gasteiger partial charge < -0.3 is 18.9 Å². The van der Waals surface area contributed by atoms with Crippen molar-refractivity contribution >= 4 is 17.9 Å². The summed E-state index contributed by atoms with van der Waals surface area (Å²) in [7, 11) is 0. The fourth-order valence-corrected chi connectivity index (χ4v) is 2.14. The summed E-state index contributed by atoms with van der Waals surface area (Å²) < 4.78 is 21.6. The Morgan fingerprint density at radius 1 is 0.840 bits per heavy atom. The molecule has 1 saturated heterocycles. The van der Waals surface area contributed by atoms with E-state index in [1.54, 1.807) is 41.5 Å². The maximum atomic E-state index is 11.9. The number of esters is 3. The van der Waals surface area contributed by atoms with Crippen LogP contribution in [0.5, 0.6) is 0 Å². The topological polar surface area (TPSA) is 88.1 Å². The lowest BCUT2D eigenvalue weighted by Gasteiger charge is -2.20. The molecular formula is C18H30O7. The molecule has 3 atom stereocenters. The van der Waals surface area contributed by atoms with Crippen molar-refractivity contribution in [2.24, 2.45) is 17.8 Å². The van der Waals surface area contributed by atoms with Gasteiger partial charge in [0.05, 0.1) is 23.9 Å². The zero-order valence-electron chi connectivity index (χ0n) is 15.9. The Hall–Kier alpha value is -1.63. The molecule has 0 amide bonds. The second-order valence-corrected chi connectivity index (χ2v) is 7.23. The first-order valence-electron chi connectivity index (χ1n) is 8.81. The van der Waals surface area contributed by atoms with E-state index in [9.17, 15) is 14.4 Å². The normalized spacial score (nSPS) is 23.2. The van der Waals surface area contributed by atoms with Gasteiger partial charge in [0.1, 0.15) is 25.4 Å². The van der Waals surface area contributed by atoms with Crippen molar-refractivity contribution < 1.29 is 33.3 Å². The van der Waals surface area contributed by atoms with Crippen LogP contribution in [0.1, 0.15) is 48.0 Å². The van der Waals surface area contributed by atoms with Crippen molar-refractivity contribution in [3.63, 3.8) is 0 Å². The molecule has 0 bridgehead atoms. The predicted octanol–water partition coefficient (Wildman–Crippen LogP) is 2.11. The molecule has 1 fully saturated rings. The van der Waals surface area contributed by atoms with Gasteiger partial charge in [-0.2, -0.15) is 0 Å². The highest BCUT2D eigenvalue weighted by molar-refractivity contribution is 5.72. The minimum absolute atomic E-state index is 0.00167. The van der Waals surface area contributed by atoms with E-state index in [0.29, 0.717) is 6.42 Å². The van der Waals surface area contributed by atoms with Crippen molar-refractivity contribution in [1.82, 2.24) is 0 Å². The standard InChI is InChI=1S/C18H30O7/c1-10(2)16(19)22-8-13-7-14(25-18(21)12(5)6)15(24-13)9-23-17(20)11(3)4/h10-15H,7-9H2,1-6H3/t13-,14-,15+/m0/s1. The average molecular weight is 358 g/mol. The summed E-state index contributed by atoms with van der Waals surface area (Å²) in [5, 5.41) is 0. The van der Waals surface area contributed by atoms with E-state index in [2.05, 4.69) is 0 Å². The molecule has 1 heterocycles. The molecule has 144 valence electrons. The number of carbonyl (C=O) groups excluding carboxylic acids is 3. The number of hydrogen-bond donors (Lipinski definition) is 0. The van der Waals surface area contributed by atoms with E-state index in [0.717, 1.165) is 0 Å². The summed E-state index contributed by atoms with van der Waals surface area (Å²) in [6, 6.07) is 0. The van der Waals surface area contributed by atoms with Crippen LogP contribution in [-0.4, -0.2) is 49.4 Å². The van der Waals surface area contributed by atoms with E-state index in [-0.39, 0.29) is 48.9 Å². The minimum atomic E-state index is -0.562. The fourth-order valence-electron chi connectivity index (χ4n) is 2.14. The molecule has 0 aliphatic carbocycles. The summed E-state index contributed by atoms with van der Waals surface area (Å²) in [5.74, 6) is -1.73. The van der Waals surface area contributed by atoms with E-state index in [4.69, 9.17) is 18.9 Å². The fraction of sp³-hybridized carbons (Fsp3) is 0.833. The highest BCUT2D eigenvalue weighted by Gasteiger charge is 2.39. The van der Waals surface area contributed by atoms with E-state index >= 15 is 0 Å². The van der Waals surface area contributed by atoms with Crippen LogP contribution >= 0.6 is 0 Å². The molecule has 7 nitrogen and oxygen atoms in total. The van der Waals surface area contributed by atoms with Crippen LogP contribution in [0.15, 0.2) is 0 Å². The van der Waals surface area contributed by atoms with Crippen molar-refractivity contribution in [2.75, 3.05) is 13.2 Å². The Kier molecular flexibility index (Phi) is 8.35. The minimum Gasteiger partial charge on any atom is -0.463 e. The Morgan fingerprint density at radius 3 is 1.80 bits per heavy atom. The van der Waals surface area contributed by atoms with Crippen LogP contribution in [0.4, 0.5) is 0 Å². The zero-order valence-corrected chi connectivity index (χ0v) is 15.9. The lowest BCUT2D eigenvalue weighted by molar-refractivity contribution is -0.162. The van der Waals surface area contributed by atoms with Crippen molar-refractivity contribution in [3.05, 3.63) is 0 Å². The molecule has 25 heavy (non-hydrogen) atoms. The number of ether oxygens (including phenoxy) is 4. The molecule has 0 spiro atoms. The molecule has 0 unspecified atom stereocenters. The summed E-state index contributed by atoms with van der Waals surface area (Å²) in [4.78, 5) is 35.1. The largest absolute Gasteiger partial charge is 0.463 e. The number of carbonyl (C=O) groups is 3. The van der Waals surface area contributed by atoms with Gasteiger partial charge in [-0.3, -0.25) is 14.4 Å². The molecule has 0 saturated carbocycles. The second-order valence-electron chi connectivity index (χ2n) is 7.23. The van der Waals surface area contributed by atoms with Crippen LogP contribution in [0, 0.1) is 17.8 Å². The Morgan fingerprint density at radius 2 is 1.32 bits per heavy atom. The Bertz CT molecular complexity index is 470. The summed E-state index contributed by atoms with van der Waals surface area (Å²) in [6.07, 6.45) is -1.09. The van der Waals surface area contributed by atoms with Gasteiger partial charge in [0, 0.05) is 6.42 Å². The van der Waals surface area contributed by atoms with Crippen molar-refractivity contribution in [3.8, 4) is 0 Å². The lowest BCUT2D eigenvalue weighted by atomic mass is 10.1. The second kappa shape index (κ2) is 9.75. The predicted molar refractivity (Wildman–Crippen MR) is 89.6 cm³/mol. The van der Waals surface area contributed by atoms with Crippen molar-refractivity contribution in [2.45, 2.75) is 66.3 Å². The van der Waals surface area contributed by atoms with Gasteiger partial charge in [-0.1, -0.05) is 41.5 Å². The average Bonchev–Trinajstić information content (AvgIpc) is 2.91. The van der Waals surface area contributed by atoms with E-state index in [1.807, 2.05) is 0 Å². The smallest absolute Gasteiger partial charge is 0.308 e. The maximum Gasteiger partial charge on any atom is 0.308 e. The first kappa shape index (κ1) is 21.4. The van der Waals surface area contributed by atoms with E-state index in [1.165, 1.54) is 0 Å². The highest BCUT2D eigenvalue weighted by atomic mass is 16.6. The molecule has 0 N–H and O–H groups in total. The molecule has 0 radical (unpaired) electrons. The van der Waals surface area contributed by atoms with Gasteiger partial charge in [0.15, 0.2) is 0 Å². The molecule has 1 aliphatic heterocycles. The first-order valence-corrected chi connectivity index (χ1v) is 8.81. The number of rotatable bonds is 8. The summed E-state index contributed by atoms with van der Waals surface area (Å²) in [5.41, 5.74) is 0. The van der Waals surface area contributed by atoms with E-state index < -0.39 is 18.3 Å². The third kappa shape index (κ3) is 7.02. The lowest BCUT2D eigenvalue weighted by Crippen LogP contribution is -2.33. The van der Waals surface area contributed by atoms with Crippen LogP contribution < -0.4 is 0 Å². The van der Waals surface area contributed by atoms with Crippen LogP contribution in [-0.2, 0) is 33.3 Å². The molecular weight excluding hydrogens is 328 g/mol. The van der Waals surface area contributed by atoms with Gasteiger partial charge in [0.2, 0.25) is 0 Å². The van der Waals surface area contributed by atoms with Gasteiger partial charge in [-0.25, -0.2) is 0 Å². The summed E-state index contributed by atoms with van der Waals surface area (Å²) >= 11 is 0. The van der Waals surface area contributed by atoms with Crippen LogP contribution in [0.25, 0.3) is 0 Å². The monoisotopic (exact) mass is 358 g/mol. The van der Waals surface area contributed by atoms with Gasteiger partial charge >= 0.3 is 17.9 Å². The molecule has 1 rings (SSSR count). The quantitative estimate of drug-likeness (QED) is 0.485.